The first-order valence-electron chi connectivity index (χ1n) is 9.58. The number of hydrogen-bond acceptors (Lipinski definition) is 8. The lowest BCUT2D eigenvalue weighted by Gasteiger charge is -2.26. The highest BCUT2D eigenvalue weighted by Gasteiger charge is 2.12. The first-order valence-corrected chi connectivity index (χ1v) is 9.58. The number of anilines is 1. The second kappa shape index (κ2) is 10.5. The third-order valence-electron chi connectivity index (χ3n) is 4.62. The SMILES string of the molecule is COc1ccc(C=Cc2nc(C#N)c(NCCCN3CCOCC3)o2)cc1OC. The summed E-state index contributed by atoms with van der Waals surface area (Å²) in [6.45, 7) is 5.22. The summed E-state index contributed by atoms with van der Waals surface area (Å²) in [4.78, 5) is 6.60. The molecule has 1 saturated heterocycles. The van der Waals surface area contributed by atoms with Crippen LogP contribution >= 0.6 is 0 Å². The van der Waals surface area contributed by atoms with E-state index >= 15 is 0 Å². The molecule has 0 aliphatic carbocycles. The fraction of sp³-hybridized carbons (Fsp3) is 0.429. The molecular weight excluding hydrogens is 372 g/mol. The molecule has 1 aromatic heterocycles. The van der Waals surface area contributed by atoms with E-state index in [2.05, 4.69) is 21.3 Å². The van der Waals surface area contributed by atoms with Crippen LogP contribution in [0.4, 0.5) is 5.88 Å². The molecule has 1 aromatic carbocycles. The molecule has 0 atom stereocenters. The van der Waals surface area contributed by atoms with Crippen LogP contribution in [0.25, 0.3) is 12.2 Å². The van der Waals surface area contributed by atoms with E-state index in [4.69, 9.17) is 18.6 Å². The standard InChI is InChI=1S/C21H26N4O4/c1-26-18-6-4-16(14-19(18)27-2)5-7-20-24-17(15-22)21(29-20)23-8-3-9-25-10-12-28-13-11-25/h4-7,14,23H,3,8-13H2,1-2H3. The van der Waals surface area contributed by atoms with Crippen molar-refractivity contribution in [3.05, 3.63) is 35.3 Å². The number of rotatable bonds is 9. The summed E-state index contributed by atoms with van der Waals surface area (Å²) < 4.78 is 21.6. The molecule has 0 radical (unpaired) electrons. The molecule has 2 aromatic rings. The first-order chi connectivity index (χ1) is 14.2. The van der Waals surface area contributed by atoms with Crippen LogP contribution in [0.3, 0.4) is 0 Å². The van der Waals surface area contributed by atoms with Gasteiger partial charge in [-0.05, 0) is 36.7 Å². The van der Waals surface area contributed by atoms with E-state index in [0.717, 1.165) is 44.8 Å². The number of nitriles is 1. The molecule has 29 heavy (non-hydrogen) atoms. The van der Waals surface area contributed by atoms with Gasteiger partial charge in [-0.25, -0.2) is 0 Å². The van der Waals surface area contributed by atoms with Crippen molar-refractivity contribution in [3.63, 3.8) is 0 Å². The Hall–Kier alpha value is -3.02. The van der Waals surface area contributed by atoms with Gasteiger partial charge in [0.2, 0.25) is 17.5 Å². The van der Waals surface area contributed by atoms with Gasteiger partial charge in [0.25, 0.3) is 0 Å². The maximum Gasteiger partial charge on any atom is 0.232 e. The average molecular weight is 398 g/mol. The van der Waals surface area contributed by atoms with Gasteiger partial charge < -0.3 is 23.9 Å². The molecule has 0 bridgehead atoms. The van der Waals surface area contributed by atoms with Crippen LogP contribution in [0.1, 0.15) is 23.6 Å². The van der Waals surface area contributed by atoms with Crippen LogP contribution in [-0.2, 0) is 4.74 Å². The van der Waals surface area contributed by atoms with Crippen LogP contribution in [0.5, 0.6) is 11.5 Å². The molecule has 0 amide bonds. The molecule has 1 N–H and O–H groups in total. The molecule has 2 heterocycles. The van der Waals surface area contributed by atoms with Crippen LogP contribution in [0.15, 0.2) is 22.6 Å². The van der Waals surface area contributed by atoms with Crippen molar-refractivity contribution in [2.24, 2.45) is 0 Å². The minimum absolute atomic E-state index is 0.253. The third kappa shape index (κ3) is 5.73. The second-order valence-corrected chi connectivity index (χ2v) is 6.52. The van der Waals surface area contributed by atoms with Gasteiger partial charge in [-0.1, -0.05) is 6.07 Å². The Bertz CT molecular complexity index is 866. The normalized spacial score (nSPS) is 14.7. The number of benzene rings is 1. The predicted molar refractivity (Wildman–Crippen MR) is 110 cm³/mol. The van der Waals surface area contributed by atoms with Gasteiger partial charge in [0.05, 0.1) is 27.4 Å². The summed E-state index contributed by atoms with van der Waals surface area (Å²) in [6, 6.07) is 7.66. The third-order valence-corrected chi connectivity index (χ3v) is 4.62. The Balaban J connectivity index is 1.57. The van der Waals surface area contributed by atoms with Gasteiger partial charge in [0, 0.05) is 25.7 Å². The quantitative estimate of drug-likeness (QED) is 0.645. The van der Waals surface area contributed by atoms with E-state index < -0.39 is 0 Å². The number of nitrogens with one attached hydrogen (secondary N) is 1. The Kier molecular flexibility index (Phi) is 7.50. The van der Waals surface area contributed by atoms with E-state index in [1.54, 1.807) is 20.3 Å². The lowest BCUT2D eigenvalue weighted by molar-refractivity contribution is 0.0378. The van der Waals surface area contributed by atoms with Gasteiger partial charge in [0.15, 0.2) is 11.5 Å². The van der Waals surface area contributed by atoms with Crippen LogP contribution in [-0.4, -0.2) is 63.5 Å². The maximum atomic E-state index is 9.31. The van der Waals surface area contributed by atoms with E-state index in [1.807, 2.05) is 24.3 Å². The number of aromatic nitrogens is 1. The number of methoxy groups -OCH3 is 2. The lowest BCUT2D eigenvalue weighted by atomic mass is 10.2. The smallest absolute Gasteiger partial charge is 0.232 e. The molecular formula is C21H26N4O4. The first kappa shape index (κ1) is 20.7. The van der Waals surface area contributed by atoms with Crippen molar-refractivity contribution in [2.75, 3.05) is 58.9 Å². The molecule has 154 valence electrons. The van der Waals surface area contributed by atoms with Crippen LogP contribution in [0.2, 0.25) is 0 Å². The molecule has 1 aliphatic rings. The van der Waals surface area contributed by atoms with Crippen molar-refractivity contribution in [3.8, 4) is 17.6 Å². The molecule has 1 aliphatic heterocycles. The zero-order valence-electron chi connectivity index (χ0n) is 16.8. The van der Waals surface area contributed by atoms with Crippen molar-refractivity contribution in [2.45, 2.75) is 6.42 Å². The Labute approximate surface area is 170 Å². The molecule has 0 spiro atoms. The molecule has 0 saturated carbocycles. The summed E-state index contributed by atoms with van der Waals surface area (Å²) in [5.74, 6) is 2.08. The number of ether oxygens (including phenoxy) is 3. The van der Waals surface area contributed by atoms with Gasteiger partial charge in [-0.15, -0.1) is 0 Å². The monoisotopic (exact) mass is 398 g/mol. The van der Waals surface area contributed by atoms with Crippen molar-refractivity contribution < 1.29 is 18.6 Å². The lowest BCUT2D eigenvalue weighted by Crippen LogP contribution is -2.37. The Morgan fingerprint density at radius 3 is 2.72 bits per heavy atom. The van der Waals surface area contributed by atoms with Crippen LogP contribution < -0.4 is 14.8 Å². The number of oxazole rings is 1. The summed E-state index contributed by atoms with van der Waals surface area (Å²) >= 11 is 0. The molecule has 8 heteroatoms. The summed E-state index contributed by atoms with van der Waals surface area (Å²) in [6.07, 6.45) is 4.51. The molecule has 3 rings (SSSR count). The van der Waals surface area contributed by atoms with Crippen molar-refractivity contribution in [1.82, 2.24) is 9.88 Å². The molecule has 0 unspecified atom stereocenters. The highest BCUT2D eigenvalue weighted by molar-refractivity contribution is 5.68. The van der Waals surface area contributed by atoms with Gasteiger partial charge in [0.1, 0.15) is 6.07 Å². The summed E-state index contributed by atoms with van der Waals surface area (Å²) in [5.41, 5.74) is 1.16. The van der Waals surface area contributed by atoms with E-state index in [9.17, 15) is 5.26 Å². The van der Waals surface area contributed by atoms with E-state index in [0.29, 0.717) is 29.8 Å². The minimum atomic E-state index is 0.253. The van der Waals surface area contributed by atoms with Gasteiger partial charge in [-0.3, -0.25) is 4.90 Å². The fourth-order valence-corrected chi connectivity index (χ4v) is 3.06. The average Bonchev–Trinajstić information content (AvgIpc) is 3.18. The number of nitrogens with zero attached hydrogens (tertiary/aromatic N) is 3. The number of hydrogen-bond donors (Lipinski definition) is 1. The van der Waals surface area contributed by atoms with Gasteiger partial charge >= 0.3 is 0 Å². The predicted octanol–water partition coefficient (Wildman–Crippen LogP) is 2.87. The topological polar surface area (TPSA) is 92.8 Å². The zero-order valence-corrected chi connectivity index (χ0v) is 16.8. The molecule has 1 fully saturated rings. The maximum absolute atomic E-state index is 9.31. The zero-order chi connectivity index (χ0) is 20.5. The van der Waals surface area contributed by atoms with Crippen molar-refractivity contribution >= 4 is 18.0 Å². The highest BCUT2D eigenvalue weighted by Crippen LogP contribution is 2.28. The fourth-order valence-electron chi connectivity index (χ4n) is 3.06. The Morgan fingerprint density at radius 1 is 1.21 bits per heavy atom. The summed E-state index contributed by atoms with van der Waals surface area (Å²) in [7, 11) is 3.19. The van der Waals surface area contributed by atoms with E-state index in [-0.39, 0.29) is 5.69 Å². The molecule has 8 nitrogen and oxygen atoms in total. The number of morpholine rings is 1. The second-order valence-electron chi connectivity index (χ2n) is 6.52. The Morgan fingerprint density at radius 2 is 2.00 bits per heavy atom. The highest BCUT2D eigenvalue weighted by atomic mass is 16.5. The van der Waals surface area contributed by atoms with Crippen molar-refractivity contribution in [1.29, 1.82) is 5.26 Å². The minimum Gasteiger partial charge on any atom is -0.493 e. The summed E-state index contributed by atoms with van der Waals surface area (Å²) in [5, 5.41) is 12.5. The van der Waals surface area contributed by atoms with Gasteiger partial charge in [-0.2, -0.15) is 10.2 Å². The largest absolute Gasteiger partial charge is 0.493 e. The van der Waals surface area contributed by atoms with Crippen LogP contribution in [0, 0.1) is 11.3 Å². The van der Waals surface area contributed by atoms with E-state index in [1.165, 1.54) is 0 Å².